The van der Waals surface area contributed by atoms with Crippen molar-refractivity contribution in [2.75, 3.05) is 0 Å². The number of hydrogen-bond donors (Lipinski definition) is 2. The van der Waals surface area contributed by atoms with Gasteiger partial charge in [-0.1, -0.05) is 44.2 Å². The molecule has 0 spiro atoms. The van der Waals surface area contributed by atoms with Crippen LogP contribution < -0.4 is 11.1 Å². The highest BCUT2D eigenvalue weighted by Gasteiger charge is 2.27. The summed E-state index contributed by atoms with van der Waals surface area (Å²) < 4.78 is 0. The van der Waals surface area contributed by atoms with Crippen LogP contribution in [0.1, 0.15) is 44.7 Å². The van der Waals surface area contributed by atoms with Gasteiger partial charge in [-0.15, -0.1) is 0 Å². The number of amides is 1. The van der Waals surface area contributed by atoms with Crippen molar-refractivity contribution in [2.45, 2.75) is 45.2 Å². The van der Waals surface area contributed by atoms with Gasteiger partial charge in [0.05, 0.1) is 0 Å². The number of benzene rings is 1. The number of carbonyl (C=O) groups excluding carboxylic acids is 1. The monoisotopic (exact) mass is 260 g/mol. The molecular weight excluding hydrogens is 236 g/mol. The summed E-state index contributed by atoms with van der Waals surface area (Å²) in [6.45, 7) is 4.55. The van der Waals surface area contributed by atoms with Gasteiger partial charge in [-0.25, -0.2) is 0 Å². The summed E-state index contributed by atoms with van der Waals surface area (Å²) in [4.78, 5) is 12.2. The molecule has 1 aliphatic carbocycles. The Morgan fingerprint density at radius 2 is 1.89 bits per heavy atom. The average molecular weight is 260 g/mol. The summed E-state index contributed by atoms with van der Waals surface area (Å²) in [6, 6.07) is 9.27. The van der Waals surface area contributed by atoms with Crippen LogP contribution >= 0.6 is 0 Å². The SMILES string of the molecule is CC1CCC(NC(=O)[C@H](N)c2ccccc2)CC1C. The molecule has 3 unspecified atom stereocenters. The molecule has 3 N–H and O–H groups in total. The first-order valence-corrected chi connectivity index (χ1v) is 7.19. The molecule has 1 fully saturated rings. The Hall–Kier alpha value is -1.35. The van der Waals surface area contributed by atoms with Gasteiger partial charge in [-0.3, -0.25) is 4.79 Å². The standard InChI is InChI=1S/C16H24N2O/c1-11-8-9-14(10-12(11)2)18-16(19)15(17)13-6-4-3-5-7-13/h3-7,11-12,14-15H,8-10,17H2,1-2H3,(H,18,19)/t11?,12?,14?,15-/m1/s1. The predicted octanol–water partition coefficient (Wildman–Crippen LogP) is 2.63. The third kappa shape index (κ3) is 3.57. The molecule has 1 saturated carbocycles. The van der Waals surface area contributed by atoms with E-state index in [-0.39, 0.29) is 11.9 Å². The van der Waals surface area contributed by atoms with Crippen molar-refractivity contribution in [1.29, 1.82) is 0 Å². The van der Waals surface area contributed by atoms with Crippen LogP contribution in [0.2, 0.25) is 0 Å². The molecule has 4 atom stereocenters. The smallest absolute Gasteiger partial charge is 0.241 e. The van der Waals surface area contributed by atoms with Crippen LogP contribution in [0.4, 0.5) is 0 Å². The second kappa shape index (κ2) is 6.20. The number of rotatable bonds is 3. The van der Waals surface area contributed by atoms with E-state index in [9.17, 15) is 4.79 Å². The summed E-state index contributed by atoms with van der Waals surface area (Å²) in [5, 5.41) is 3.10. The van der Waals surface area contributed by atoms with E-state index in [1.807, 2.05) is 30.3 Å². The van der Waals surface area contributed by atoms with Gasteiger partial charge in [0.25, 0.3) is 0 Å². The van der Waals surface area contributed by atoms with E-state index >= 15 is 0 Å². The quantitative estimate of drug-likeness (QED) is 0.877. The highest BCUT2D eigenvalue weighted by Crippen LogP contribution is 2.29. The average Bonchev–Trinajstić information content (AvgIpc) is 2.43. The van der Waals surface area contributed by atoms with Gasteiger partial charge in [-0.2, -0.15) is 0 Å². The maximum atomic E-state index is 12.2. The second-order valence-electron chi connectivity index (χ2n) is 5.86. The topological polar surface area (TPSA) is 55.1 Å². The minimum Gasteiger partial charge on any atom is -0.352 e. The van der Waals surface area contributed by atoms with E-state index in [0.29, 0.717) is 5.92 Å². The molecule has 1 amide bonds. The third-order valence-corrected chi connectivity index (χ3v) is 4.39. The fraction of sp³-hybridized carbons (Fsp3) is 0.562. The molecule has 0 bridgehead atoms. The Labute approximate surface area is 115 Å². The van der Waals surface area contributed by atoms with Crippen LogP contribution in [0.3, 0.4) is 0 Å². The summed E-state index contributed by atoms with van der Waals surface area (Å²) in [5.74, 6) is 1.38. The minimum atomic E-state index is -0.559. The molecule has 0 aromatic heterocycles. The molecule has 0 radical (unpaired) electrons. The van der Waals surface area contributed by atoms with Gasteiger partial charge in [0.2, 0.25) is 5.91 Å². The number of nitrogens with one attached hydrogen (secondary N) is 1. The first-order chi connectivity index (χ1) is 9.08. The van der Waals surface area contributed by atoms with Crippen molar-refractivity contribution in [3.8, 4) is 0 Å². The minimum absolute atomic E-state index is 0.0575. The lowest BCUT2D eigenvalue weighted by Crippen LogP contribution is -2.43. The van der Waals surface area contributed by atoms with E-state index < -0.39 is 6.04 Å². The molecule has 0 saturated heterocycles. The first kappa shape index (κ1) is 14.1. The fourth-order valence-electron chi connectivity index (χ4n) is 2.78. The zero-order chi connectivity index (χ0) is 13.8. The molecule has 3 heteroatoms. The zero-order valence-electron chi connectivity index (χ0n) is 11.8. The van der Waals surface area contributed by atoms with E-state index in [2.05, 4.69) is 19.2 Å². The Morgan fingerprint density at radius 3 is 2.53 bits per heavy atom. The van der Waals surface area contributed by atoms with Crippen molar-refractivity contribution >= 4 is 5.91 Å². The largest absolute Gasteiger partial charge is 0.352 e. The molecule has 0 heterocycles. The van der Waals surface area contributed by atoms with Crippen LogP contribution in [-0.4, -0.2) is 11.9 Å². The first-order valence-electron chi connectivity index (χ1n) is 7.19. The lowest BCUT2D eigenvalue weighted by Gasteiger charge is -2.33. The van der Waals surface area contributed by atoms with E-state index in [1.165, 1.54) is 6.42 Å². The third-order valence-electron chi connectivity index (χ3n) is 4.39. The predicted molar refractivity (Wildman–Crippen MR) is 77.5 cm³/mol. The summed E-state index contributed by atoms with van der Waals surface area (Å²) >= 11 is 0. The van der Waals surface area contributed by atoms with Crippen molar-refractivity contribution in [1.82, 2.24) is 5.32 Å². The zero-order valence-corrected chi connectivity index (χ0v) is 11.8. The van der Waals surface area contributed by atoms with E-state index in [0.717, 1.165) is 24.3 Å². The molecule has 0 aliphatic heterocycles. The van der Waals surface area contributed by atoms with E-state index in [4.69, 9.17) is 5.73 Å². The lowest BCUT2D eigenvalue weighted by atomic mass is 9.79. The summed E-state index contributed by atoms with van der Waals surface area (Å²) in [6.07, 6.45) is 3.32. The fourth-order valence-corrected chi connectivity index (χ4v) is 2.78. The van der Waals surface area contributed by atoms with Gasteiger partial charge in [0.1, 0.15) is 6.04 Å². The number of hydrogen-bond acceptors (Lipinski definition) is 2. The second-order valence-corrected chi connectivity index (χ2v) is 5.86. The van der Waals surface area contributed by atoms with Crippen LogP contribution in [0, 0.1) is 11.8 Å². The molecule has 104 valence electrons. The van der Waals surface area contributed by atoms with Crippen LogP contribution in [0.15, 0.2) is 30.3 Å². The maximum absolute atomic E-state index is 12.2. The Balaban J connectivity index is 1.91. The van der Waals surface area contributed by atoms with Gasteiger partial charge in [0, 0.05) is 6.04 Å². The molecule has 2 rings (SSSR count). The summed E-state index contributed by atoms with van der Waals surface area (Å²) in [7, 11) is 0. The molecule has 19 heavy (non-hydrogen) atoms. The van der Waals surface area contributed by atoms with E-state index in [1.54, 1.807) is 0 Å². The van der Waals surface area contributed by atoms with Gasteiger partial charge < -0.3 is 11.1 Å². The lowest BCUT2D eigenvalue weighted by molar-refractivity contribution is -0.123. The highest BCUT2D eigenvalue weighted by atomic mass is 16.2. The molecule has 1 aromatic carbocycles. The van der Waals surface area contributed by atoms with Crippen molar-refractivity contribution in [3.05, 3.63) is 35.9 Å². The van der Waals surface area contributed by atoms with Gasteiger partial charge >= 0.3 is 0 Å². The van der Waals surface area contributed by atoms with Crippen LogP contribution in [0.25, 0.3) is 0 Å². The van der Waals surface area contributed by atoms with Crippen LogP contribution in [-0.2, 0) is 4.79 Å². The molecular formula is C16H24N2O. The highest BCUT2D eigenvalue weighted by molar-refractivity contribution is 5.83. The van der Waals surface area contributed by atoms with Crippen molar-refractivity contribution in [2.24, 2.45) is 17.6 Å². The molecule has 3 nitrogen and oxygen atoms in total. The van der Waals surface area contributed by atoms with Crippen molar-refractivity contribution < 1.29 is 4.79 Å². The summed E-state index contributed by atoms with van der Waals surface area (Å²) in [5.41, 5.74) is 6.88. The maximum Gasteiger partial charge on any atom is 0.241 e. The van der Waals surface area contributed by atoms with Crippen molar-refractivity contribution in [3.63, 3.8) is 0 Å². The Kier molecular flexibility index (Phi) is 4.59. The van der Waals surface area contributed by atoms with Gasteiger partial charge in [-0.05, 0) is 36.7 Å². The Morgan fingerprint density at radius 1 is 1.21 bits per heavy atom. The molecule has 1 aromatic rings. The Bertz CT molecular complexity index is 418. The normalized spacial score (nSPS) is 28.7. The van der Waals surface area contributed by atoms with Gasteiger partial charge in [0.15, 0.2) is 0 Å². The van der Waals surface area contributed by atoms with Crippen LogP contribution in [0.5, 0.6) is 0 Å². The number of carbonyl (C=O) groups is 1. The number of nitrogens with two attached hydrogens (primary N) is 1. The molecule has 1 aliphatic rings.